The topological polar surface area (TPSA) is 105 Å². The highest BCUT2D eigenvalue weighted by Crippen LogP contribution is 2.78. The first-order chi connectivity index (χ1) is 12.2. The molecule has 3 saturated carbocycles. The molecule has 8 nitrogen and oxygen atoms in total. The fourth-order valence-electron chi connectivity index (χ4n) is 5.30. The molecule has 6 unspecified atom stereocenters. The van der Waals surface area contributed by atoms with E-state index in [1.807, 2.05) is 0 Å². The number of hydrogen-bond donors (Lipinski definition) is 0. The minimum absolute atomic E-state index is 0.0625. The van der Waals surface area contributed by atoms with Crippen molar-refractivity contribution in [2.75, 3.05) is 19.8 Å². The van der Waals surface area contributed by atoms with Gasteiger partial charge >= 0.3 is 11.9 Å². The maximum atomic E-state index is 12.4. The second-order valence-electron chi connectivity index (χ2n) is 7.65. The molecule has 4 aliphatic rings. The van der Waals surface area contributed by atoms with Crippen molar-refractivity contribution in [3.8, 4) is 0 Å². The lowest BCUT2D eigenvalue weighted by molar-refractivity contribution is -0.227. The highest BCUT2D eigenvalue weighted by molar-refractivity contribution is 7.87. The molecule has 0 aromatic heterocycles. The fourth-order valence-corrected chi connectivity index (χ4v) is 7.66. The summed E-state index contributed by atoms with van der Waals surface area (Å²) < 4.78 is 45.5. The molecule has 9 heteroatoms. The molecule has 6 atom stereocenters. The maximum absolute atomic E-state index is 12.4. The van der Waals surface area contributed by atoms with Crippen LogP contribution in [0.4, 0.5) is 0 Å². The van der Waals surface area contributed by atoms with Crippen LogP contribution in [0.5, 0.6) is 0 Å². The Morgan fingerprint density at radius 2 is 2.00 bits per heavy atom. The van der Waals surface area contributed by atoms with E-state index in [0.717, 1.165) is 12.5 Å². The molecule has 4 fully saturated rings. The Kier molecular flexibility index (Phi) is 3.98. The highest BCUT2D eigenvalue weighted by atomic mass is 32.2. The van der Waals surface area contributed by atoms with Crippen molar-refractivity contribution in [2.45, 2.75) is 43.1 Å². The summed E-state index contributed by atoms with van der Waals surface area (Å²) in [6.45, 7) is 4.61. The van der Waals surface area contributed by atoms with E-state index < -0.39 is 39.0 Å². The Labute approximate surface area is 151 Å². The van der Waals surface area contributed by atoms with E-state index in [1.54, 1.807) is 6.92 Å². The van der Waals surface area contributed by atoms with Gasteiger partial charge in [-0.25, -0.2) is 9.59 Å². The van der Waals surface area contributed by atoms with Crippen LogP contribution in [0.1, 0.15) is 26.2 Å². The lowest BCUT2D eigenvalue weighted by atomic mass is 9.52. The molecule has 1 heterocycles. The van der Waals surface area contributed by atoms with Gasteiger partial charge in [0.05, 0.1) is 11.4 Å². The number of esters is 2. The highest BCUT2D eigenvalue weighted by Gasteiger charge is 2.85. The number of carbonyl (C=O) groups is 2. The van der Waals surface area contributed by atoms with Crippen molar-refractivity contribution in [2.24, 2.45) is 17.3 Å². The molecule has 26 heavy (non-hydrogen) atoms. The molecule has 1 spiro atoms. The van der Waals surface area contributed by atoms with Crippen molar-refractivity contribution in [1.29, 1.82) is 0 Å². The molecule has 0 N–H and O–H groups in total. The summed E-state index contributed by atoms with van der Waals surface area (Å²) in [5, 5.41) is -0.435. The van der Waals surface area contributed by atoms with E-state index in [9.17, 15) is 18.0 Å². The lowest BCUT2D eigenvalue weighted by Crippen LogP contribution is -2.67. The maximum Gasteiger partial charge on any atom is 0.332 e. The second-order valence-corrected chi connectivity index (χ2v) is 9.37. The molecular formula is C17H22O8S. The predicted octanol–water partition coefficient (Wildman–Crippen LogP) is 0.561. The monoisotopic (exact) mass is 386 g/mol. The van der Waals surface area contributed by atoms with Crippen molar-refractivity contribution >= 4 is 22.1 Å². The van der Waals surface area contributed by atoms with E-state index in [4.69, 9.17) is 18.4 Å². The average molecular weight is 386 g/mol. The van der Waals surface area contributed by atoms with Crippen LogP contribution in [0.3, 0.4) is 0 Å². The van der Waals surface area contributed by atoms with E-state index in [1.165, 1.54) is 0 Å². The van der Waals surface area contributed by atoms with E-state index >= 15 is 0 Å². The predicted molar refractivity (Wildman–Crippen MR) is 87.3 cm³/mol. The Bertz CT molecular complexity index is 761. The van der Waals surface area contributed by atoms with Gasteiger partial charge in [0.1, 0.15) is 25.4 Å². The SMILES string of the molecule is C=CC(=O)OCCOC(=O)COC1CC23C4CC4CC2S(=O)(=O)OC13C. The number of hydrogen-bond acceptors (Lipinski definition) is 8. The molecule has 0 amide bonds. The quantitative estimate of drug-likeness (QED) is 0.270. The van der Waals surface area contributed by atoms with Crippen LogP contribution in [0, 0.1) is 17.3 Å². The Morgan fingerprint density at radius 1 is 1.27 bits per heavy atom. The Hall–Kier alpha value is -1.45. The first-order valence-corrected chi connectivity index (χ1v) is 10.2. The molecule has 0 bridgehead atoms. The third kappa shape index (κ3) is 2.36. The third-order valence-electron chi connectivity index (χ3n) is 6.53. The number of ether oxygens (including phenoxy) is 3. The lowest BCUT2D eigenvalue weighted by Gasteiger charge is -2.56. The zero-order valence-corrected chi connectivity index (χ0v) is 15.3. The number of carbonyl (C=O) groups excluding carboxylic acids is 2. The zero-order valence-electron chi connectivity index (χ0n) is 14.5. The van der Waals surface area contributed by atoms with Gasteiger partial charge in [-0.3, -0.25) is 4.18 Å². The van der Waals surface area contributed by atoms with Gasteiger partial charge in [0.15, 0.2) is 0 Å². The van der Waals surface area contributed by atoms with Gasteiger partial charge < -0.3 is 14.2 Å². The molecule has 1 saturated heterocycles. The smallest absolute Gasteiger partial charge is 0.332 e. The Morgan fingerprint density at radius 3 is 2.73 bits per heavy atom. The molecule has 0 aromatic rings. The third-order valence-corrected chi connectivity index (χ3v) is 8.42. The van der Waals surface area contributed by atoms with Crippen molar-refractivity contribution in [3.05, 3.63) is 12.7 Å². The van der Waals surface area contributed by atoms with Gasteiger partial charge in [0.25, 0.3) is 10.1 Å². The number of fused-ring (bicyclic) bond motifs is 1. The summed E-state index contributed by atoms with van der Waals surface area (Å²) in [4.78, 5) is 22.6. The standard InChI is InChI=1S/C17H22O8S/c1-3-14(18)22-4-5-23-15(19)9-24-12-8-17-11-6-10(11)7-13(17)26(20,21)25-16(12,17)2/h3,10-13H,1,4-9H2,2H3. The minimum atomic E-state index is -3.58. The van der Waals surface area contributed by atoms with E-state index in [-0.39, 0.29) is 25.2 Å². The zero-order chi connectivity index (χ0) is 18.7. The first-order valence-electron chi connectivity index (χ1n) is 8.75. The largest absolute Gasteiger partial charge is 0.460 e. The molecule has 0 radical (unpaired) electrons. The van der Waals surface area contributed by atoms with Crippen LogP contribution < -0.4 is 0 Å². The molecule has 4 rings (SSSR count). The molecule has 0 aromatic carbocycles. The van der Waals surface area contributed by atoms with Crippen LogP contribution in [0.25, 0.3) is 0 Å². The normalized spacial score (nSPS) is 43.4. The van der Waals surface area contributed by atoms with Crippen LogP contribution in [0.15, 0.2) is 12.7 Å². The van der Waals surface area contributed by atoms with Gasteiger partial charge in [-0.05, 0) is 38.0 Å². The summed E-state index contributed by atoms with van der Waals surface area (Å²) in [6.07, 6.45) is 2.91. The average Bonchev–Trinajstić information content (AvgIpc) is 3.24. The van der Waals surface area contributed by atoms with Gasteiger partial charge in [-0.15, -0.1) is 0 Å². The van der Waals surface area contributed by atoms with Gasteiger partial charge in [-0.2, -0.15) is 8.42 Å². The van der Waals surface area contributed by atoms with Crippen molar-refractivity contribution in [3.63, 3.8) is 0 Å². The van der Waals surface area contributed by atoms with Gasteiger partial charge in [0.2, 0.25) is 0 Å². The van der Waals surface area contributed by atoms with Crippen LogP contribution in [0.2, 0.25) is 0 Å². The number of rotatable bonds is 7. The minimum Gasteiger partial charge on any atom is -0.460 e. The van der Waals surface area contributed by atoms with Gasteiger partial charge in [-0.1, -0.05) is 6.58 Å². The van der Waals surface area contributed by atoms with E-state index in [2.05, 4.69) is 6.58 Å². The summed E-state index contributed by atoms with van der Waals surface area (Å²) >= 11 is 0. The van der Waals surface area contributed by atoms with Crippen molar-refractivity contribution in [1.82, 2.24) is 0 Å². The molecule has 3 aliphatic carbocycles. The summed E-state index contributed by atoms with van der Waals surface area (Å²) in [5.41, 5.74) is -1.25. The Balaban J connectivity index is 1.29. The summed E-state index contributed by atoms with van der Waals surface area (Å²) in [6, 6.07) is 0. The molecule has 144 valence electrons. The van der Waals surface area contributed by atoms with Crippen molar-refractivity contribution < 1.29 is 36.4 Å². The summed E-state index contributed by atoms with van der Waals surface area (Å²) in [7, 11) is -3.58. The summed E-state index contributed by atoms with van der Waals surface area (Å²) in [5.74, 6) is -0.310. The van der Waals surface area contributed by atoms with Crippen LogP contribution >= 0.6 is 0 Å². The molecular weight excluding hydrogens is 364 g/mol. The first kappa shape index (κ1) is 17.9. The van der Waals surface area contributed by atoms with Crippen LogP contribution in [-0.2, 0) is 38.1 Å². The molecule has 1 aliphatic heterocycles. The second kappa shape index (κ2) is 5.77. The fraction of sp³-hybridized carbons (Fsp3) is 0.765. The van der Waals surface area contributed by atoms with E-state index in [0.29, 0.717) is 24.7 Å². The van der Waals surface area contributed by atoms with Gasteiger partial charge in [0, 0.05) is 11.5 Å². The van der Waals surface area contributed by atoms with Crippen LogP contribution in [-0.4, -0.2) is 57.1 Å².